The summed E-state index contributed by atoms with van der Waals surface area (Å²) in [5.74, 6) is -0.320. The Labute approximate surface area is 135 Å². The molecule has 1 heterocycles. The molecular weight excluding hydrogens is 293 g/mol. The molecule has 1 aliphatic heterocycles. The summed E-state index contributed by atoms with van der Waals surface area (Å²) in [6.07, 6.45) is 1.05. The van der Waals surface area contributed by atoms with Gasteiger partial charge in [-0.15, -0.1) is 0 Å². The van der Waals surface area contributed by atoms with Crippen LogP contribution >= 0.6 is 0 Å². The summed E-state index contributed by atoms with van der Waals surface area (Å²) in [4.78, 5) is 14.1. The van der Waals surface area contributed by atoms with E-state index in [1.165, 1.54) is 41.1 Å². The number of nitrogens with one attached hydrogen (secondary N) is 2. The molecule has 23 heavy (non-hydrogen) atoms. The van der Waals surface area contributed by atoms with Crippen molar-refractivity contribution in [3.8, 4) is 0 Å². The monoisotopic (exact) mass is 313 g/mol. The average Bonchev–Trinajstić information content (AvgIpc) is 2.92. The maximum atomic E-state index is 12.8. The summed E-state index contributed by atoms with van der Waals surface area (Å²) in [6, 6.07) is 11.9. The van der Waals surface area contributed by atoms with E-state index >= 15 is 0 Å². The molecule has 0 radical (unpaired) electrons. The van der Waals surface area contributed by atoms with Crippen molar-refractivity contribution in [2.75, 3.05) is 29.9 Å². The lowest BCUT2D eigenvalue weighted by molar-refractivity contribution is 0.252. The molecule has 2 N–H and O–H groups in total. The number of aryl methyl sites for hydroxylation is 1. The summed E-state index contributed by atoms with van der Waals surface area (Å²) in [7, 11) is 0. The Morgan fingerprint density at radius 2 is 2.00 bits per heavy atom. The molecule has 0 saturated heterocycles. The highest BCUT2D eigenvalue weighted by molar-refractivity contribution is 5.89. The summed E-state index contributed by atoms with van der Waals surface area (Å²) >= 11 is 0. The molecule has 0 atom stereocenters. The zero-order valence-corrected chi connectivity index (χ0v) is 13.1. The quantitative estimate of drug-likeness (QED) is 0.909. The minimum absolute atomic E-state index is 0.278. The molecule has 0 fully saturated rings. The largest absolute Gasteiger partial charge is 0.369 e. The summed E-state index contributed by atoms with van der Waals surface area (Å²) in [6.45, 7) is 4.41. The molecule has 0 saturated carbocycles. The van der Waals surface area contributed by atoms with Crippen LogP contribution in [0.1, 0.15) is 11.1 Å². The molecule has 0 bridgehead atoms. The van der Waals surface area contributed by atoms with Crippen molar-refractivity contribution in [3.63, 3.8) is 0 Å². The number of nitrogens with zero attached hydrogens (tertiary/aromatic N) is 1. The van der Waals surface area contributed by atoms with E-state index in [0.29, 0.717) is 12.2 Å². The third-order valence-electron chi connectivity index (χ3n) is 4.00. The summed E-state index contributed by atoms with van der Waals surface area (Å²) in [5, 5.41) is 5.52. The molecule has 2 aromatic carbocycles. The number of carbonyl (C=O) groups is 1. The number of fused-ring (bicyclic) bond motifs is 1. The molecule has 4 nitrogen and oxygen atoms in total. The molecular formula is C18H20FN3O. The third kappa shape index (κ3) is 3.80. The van der Waals surface area contributed by atoms with Crippen molar-refractivity contribution in [1.82, 2.24) is 5.32 Å². The molecule has 0 spiro atoms. The van der Waals surface area contributed by atoms with E-state index in [1.54, 1.807) is 0 Å². The van der Waals surface area contributed by atoms with Gasteiger partial charge in [0.2, 0.25) is 0 Å². The summed E-state index contributed by atoms with van der Waals surface area (Å²) < 4.78 is 12.8. The molecule has 2 amide bonds. The van der Waals surface area contributed by atoms with E-state index in [-0.39, 0.29) is 11.8 Å². The first-order valence-electron chi connectivity index (χ1n) is 7.77. The van der Waals surface area contributed by atoms with Crippen molar-refractivity contribution in [1.29, 1.82) is 0 Å². The highest BCUT2D eigenvalue weighted by Crippen LogP contribution is 2.28. The molecule has 1 aliphatic rings. The van der Waals surface area contributed by atoms with Crippen molar-refractivity contribution in [3.05, 3.63) is 59.4 Å². The topological polar surface area (TPSA) is 44.4 Å². The predicted molar refractivity (Wildman–Crippen MR) is 90.5 cm³/mol. The number of benzene rings is 2. The van der Waals surface area contributed by atoms with E-state index in [4.69, 9.17) is 0 Å². The SMILES string of the molecule is Cc1ccc2c(c1)CCN2CCNC(=O)Nc1ccc(F)cc1. The van der Waals surface area contributed by atoms with Crippen LogP contribution in [-0.2, 0) is 6.42 Å². The van der Waals surface area contributed by atoms with Gasteiger partial charge in [-0.3, -0.25) is 0 Å². The Morgan fingerprint density at radius 3 is 2.78 bits per heavy atom. The first-order chi connectivity index (χ1) is 11.1. The van der Waals surface area contributed by atoms with Crippen LogP contribution in [0, 0.1) is 12.7 Å². The van der Waals surface area contributed by atoms with Crippen LogP contribution in [0.4, 0.5) is 20.6 Å². The second-order valence-corrected chi connectivity index (χ2v) is 5.76. The van der Waals surface area contributed by atoms with Gasteiger partial charge in [0, 0.05) is 31.0 Å². The fourth-order valence-corrected chi connectivity index (χ4v) is 2.84. The number of urea groups is 1. The van der Waals surface area contributed by atoms with Crippen LogP contribution in [0.2, 0.25) is 0 Å². The van der Waals surface area contributed by atoms with E-state index in [2.05, 4.69) is 40.7 Å². The average molecular weight is 313 g/mol. The van der Waals surface area contributed by atoms with Gasteiger partial charge in [0.15, 0.2) is 0 Å². The van der Waals surface area contributed by atoms with E-state index in [0.717, 1.165) is 19.5 Å². The molecule has 0 aromatic heterocycles. The van der Waals surface area contributed by atoms with Crippen LogP contribution < -0.4 is 15.5 Å². The van der Waals surface area contributed by atoms with E-state index in [9.17, 15) is 9.18 Å². The highest BCUT2D eigenvalue weighted by atomic mass is 19.1. The Bertz CT molecular complexity index is 700. The molecule has 120 valence electrons. The van der Waals surface area contributed by atoms with E-state index in [1.807, 2.05) is 0 Å². The number of amides is 2. The lowest BCUT2D eigenvalue weighted by atomic mass is 10.1. The Kier molecular flexibility index (Phi) is 4.46. The van der Waals surface area contributed by atoms with Gasteiger partial charge >= 0.3 is 6.03 Å². The molecule has 0 aliphatic carbocycles. The van der Waals surface area contributed by atoms with E-state index < -0.39 is 0 Å². The maximum Gasteiger partial charge on any atom is 0.319 e. The molecule has 2 aromatic rings. The number of hydrogen-bond acceptors (Lipinski definition) is 2. The second-order valence-electron chi connectivity index (χ2n) is 5.76. The number of halogens is 1. The Morgan fingerprint density at radius 1 is 1.22 bits per heavy atom. The third-order valence-corrected chi connectivity index (χ3v) is 4.00. The molecule has 3 rings (SSSR count). The van der Waals surface area contributed by atoms with Gasteiger partial charge in [-0.05, 0) is 49.2 Å². The van der Waals surface area contributed by atoms with Gasteiger partial charge in [0.25, 0.3) is 0 Å². The van der Waals surface area contributed by atoms with Gasteiger partial charge in [-0.1, -0.05) is 17.7 Å². The smallest absolute Gasteiger partial charge is 0.319 e. The van der Waals surface area contributed by atoms with Crippen LogP contribution in [0.5, 0.6) is 0 Å². The second kappa shape index (κ2) is 6.69. The van der Waals surface area contributed by atoms with Gasteiger partial charge in [-0.25, -0.2) is 9.18 Å². The first kappa shape index (κ1) is 15.3. The minimum Gasteiger partial charge on any atom is -0.369 e. The lowest BCUT2D eigenvalue weighted by Gasteiger charge is -2.19. The lowest BCUT2D eigenvalue weighted by Crippen LogP contribution is -2.36. The van der Waals surface area contributed by atoms with Gasteiger partial charge in [0.1, 0.15) is 5.82 Å². The van der Waals surface area contributed by atoms with Crippen molar-refractivity contribution in [2.45, 2.75) is 13.3 Å². The highest BCUT2D eigenvalue weighted by Gasteiger charge is 2.18. The standard InChI is InChI=1S/C18H20FN3O/c1-13-2-7-17-14(12-13)8-10-22(17)11-9-20-18(23)21-16-5-3-15(19)4-6-16/h2-7,12H,8-11H2,1H3,(H2,20,21,23). The maximum absolute atomic E-state index is 12.8. The Balaban J connectivity index is 1.47. The number of carbonyl (C=O) groups excluding carboxylic acids is 1. The predicted octanol–water partition coefficient (Wildman–Crippen LogP) is 3.32. The van der Waals surface area contributed by atoms with Gasteiger partial charge in [0.05, 0.1) is 0 Å². The van der Waals surface area contributed by atoms with Crippen molar-refractivity contribution >= 4 is 17.4 Å². The van der Waals surface area contributed by atoms with Gasteiger partial charge in [-0.2, -0.15) is 0 Å². The zero-order chi connectivity index (χ0) is 16.2. The first-order valence-corrected chi connectivity index (χ1v) is 7.77. The van der Waals surface area contributed by atoms with Crippen LogP contribution in [0.25, 0.3) is 0 Å². The fraction of sp³-hybridized carbons (Fsp3) is 0.278. The number of anilines is 2. The van der Waals surface area contributed by atoms with Crippen LogP contribution in [-0.4, -0.2) is 25.7 Å². The normalized spacial score (nSPS) is 12.9. The number of hydrogen-bond donors (Lipinski definition) is 2. The van der Waals surface area contributed by atoms with Crippen LogP contribution in [0.3, 0.4) is 0 Å². The van der Waals surface area contributed by atoms with Crippen molar-refractivity contribution in [2.24, 2.45) is 0 Å². The minimum atomic E-state index is -0.320. The summed E-state index contributed by atoms with van der Waals surface area (Å²) in [5.41, 5.74) is 4.49. The fourth-order valence-electron chi connectivity index (χ4n) is 2.84. The van der Waals surface area contributed by atoms with Crippen LogP contribution in [0.15, 0.2) is 42.5 Å². The van der Waals surface area contributed by atoms with Crippen molar-refractivity contribution < 1.29 is 9.18 Å². The number of rotatable bonds is 4. The molecule has 0 unspecified atom stereocenters. The zero-order valence-electron chi connectivity index (χ0n) is 13.1. The Hall–Kier alpha value is -2.56. The van der Waals surface area contributed by atoms with Gasteiger partial charge < -0.3 is 15.5 Å². The molecule has 5 heteroatoms.